The van der Waals surface area contributed by atoms with Crippen molar-refractivity contribution in [1.82, 2.24) is 15.5 Å². The molecular weight excluding hydrogens is 562 g/mol. The number of aromatic hydroxyl groups is 1. The largest absolute Gasteiger partial charge is 0.508 e. The minimum absolute atomic E-state index is 0.0535. The summed E-state index contributed by atoms with van der Waals surface area (Å²) >= 11 is 0. The molecule has 2 rings (SSSR count). The molecule has 0 aliphatic rings. The maximum atomic E-state index is 14.5. The summed E-state index contributed by atoms with van der Waals surface area (Å²) in [7, 11) is 1.21. The van der Waals surface area contributed by atoms with Crippen LogP contribution in [-0.2, 0) is 30.3 Å². The number of hydrogen-bond acceptors (Lipinski definition) is 7. The minimum Gasteiger partial charge on any atom is -0.508 e. The first-order valence-corrected chi connectivity index (χ1v) is 14.9. The predicted octanol–water partition coefficient (Wildman–Crippen LogP) is 4.64. The monoisotopic (exact) mass is 607 g/mol. The zero-order valence-electron chi connectivity index (χ0n) is 26.4. The molecule has 10 nitrogen and oxygen atoms in total. The topological polar surface area (TPSA) is 134 Å². The lowest BCUT2D eigenvalue weighted by Crippen LogP contribution is -2.54. The Morgan fingerprint density at radius 2 is 1.66 bits per heavy atom. The molecule has 0 aliphatic carbocycles. The number of ether oxygens (including phenoxy) is 2. The van der Waals surface area contributed by atoms with Crippen LogP contribution in [0.25, 0.3) is 0 Å². The smallest absolute Gasteiger partial charge is 0.408 e. The van der Waals surface area contributed by atoms with Gasteiger partial charge in [-0.15, -0.1) is 6.42 Å². The van der Waals surface area contributed by atoms with E-state index in [9.17, 15) is 24.3 Å². The van der Waals surface area contributed by atoms with E-state index in [1.165, 1.54) is 24.1 Å². The van der Waals surface area contributed by atoms with Crippen molar-refractivity contribution < 1.29 is 33.8 Å². The van der Waals surface area contributed by atoms with Gasteiger partial charge in [-0.3, -0.25) is 14.4 Å². The molecule has 0 heterocycles. The Labute approximate surface area is 260 Å². The first kappa shape index (κ1) is 35.7. The van der Waals surface area contributed by atoms with E-state index in [1.807, 2.05) is 0 Å². The molecule has 0 fully saturated rings. The highest BCUT2D eigenvalue weighted by molar-refractivity contribution is 5.93. The van der Waals surface area contributed by atoms with Crippen molar-refractivity contribution in [2.24, 2.45) is 0 Å². The van der Waals surface area contributed by atoms with Gasteiger partial charge < -0.3 is 30.1 Å². The molecular formula is C34H45N3O7. The van der Waals surface area contributed by atoms with Crippen LogP contribution >= 0.6 is 0 Å². The Balaban J connectivity index is 2.61. The van der Waals surface area contributed by atoms with Crippen molar-refractivity contribution in [2.45, 2.75) is 83.9 Å². The van der Waals surface area contributed by atoms with Gasteiger partial charge in [-0.05, 0) is 56.5 Å². The van der Waals surface area contributed by atoms with E-state index in [2.05, 4.69) is 23.5 Å². The number of phenolic OH excluding ortho intramolecular Hbond substituents is 1. The summed E-state index contributed by atoms with van der Waals surface area (Å²) in [5.74, 6) is 0.831. The van der Waals surface area contributed by atoms with Gasteiger partial charge in [0.05, 0.1) is 7.11 Å². The third-order valence-corrected chi connectivity index (χ3v) is 6.76. The van der Waals surface area contributed by atoms with Gasteiger partial charge in [0.2, 0.25) is 11.8 Å². The number of rotatable bonds is 15. The molecule has 0 aromatic heterocycles. The number of carbonyl (C=O) groups is 4. The summed E-state index contributed by atoms with van der Waals surface area (Å²) in [5.41, 5.74) is 0.650. The lowest BCUT2D eigenvalue weighted by atomic mass is 9.96. The maximum absolute atomic E-state index is 14.5. The Bertz CT molecular complexity index is 1300. The lowest BCUT2D eigenvalue weighted by Gasteiger charge is -2.35. The Morgan fingerprint density at radius 3 is 2.27 bits per heavy atom. The molecule has 44 heavy (non-hydrogen) atoms. The summed E-state index contributed by atoms with van der Waals surface area (Å²) in [6.07, 6.45) is 9.48. The van der Waals surface area contributed by atoms with Crippen LogP contribution in [0.3, 0.4) is 0 Å². The standard InChI is InChI=1S/C34H45N3O7/c1-7-9-10-11-14-21-37(30(31(40)35-23-29(39)43-6)27-16-13-12-15-25(27)8-2)32(41)28(36-33(42)44-34(3,4)5)22-24-17-19-26(38)20-18-24/h2,12-13,15-20,28,30,38H,7,9-11,14,21-23H2,1,3-6H3,(H,35,40)(H,36,42). The molecule has 0 saturated heterocycles. The first-order chi connectivity index (χ1) is 20.9. The molecule has 0 spiro atoms. The third kappa shape index (κ3) is 11.6. The Kier molecular flexibility index (Phi) is 14.2. The number of phenols is 1. The number of carbonyl (C=O) groups excluding carboxylic acids is 4. The summed E-state index contributed by atoms with van der Waals surface area (Å²) in [5, 5.41) is 15.1. The molecule has 2 atom stereocenters. The maximum Gasteiger partial charge on any atom is 0.408 e. The summed E-state index contributed by atoms with van der Waals surface area (Å²) in [6.45, 7) is 7.01. The van der Waals surface area contributed by atoms with Gasteiger partial charge in [0.1, 0.15) is 30.0 Å². The number of unbranched alkanes of at least 4 members (excludes halogenated alkanes) is 4. The SMILES string of the molecule is C#Cc1ccccc1C(C(=O)NCC(=O)OC)N(CCCCCCC)C(=O)C(Cc1ccc(O)cc1)NC(=O)OC(C)(C)C. The quantitative estimate of drug-likeness (QED) is 0.153. The number of hydrogen-bond donors (Lipinski definition) is 3. The van der Waals surface area contributed by atoms with Crippen LogP contribution in [0.2, 0.25) is 0 Å². The third-order valence-electron chi connectivity index (χ3n) is 6.76. The normalized spacial score (nSPS) is 12.3. The van der Waals surface area contributed by atoms with E-state index >= 15 is 0 Å². The fraction of sp³-hybridized carbons (Fsp3) is 0.471. The van der Waals surface area contributed by atoms with E-state index in [0.29, 0.717) is 23.1 Å². The lowest BCUT2D eigenvalue weighted by molar-refractivity contribution is -0.144. The van der Waals surface area contributed by atoms with Gasteiger partial charge in [0.15, 0.2) is 0 Å². The zero-order chi connectivity index (χ0) is 32.7. The van der Waals surface area contributed by atoms with Crippen molar-refractivity contribution in [3.05, 3.63) is 65.2 Å². The van der Waals surface area contributed by atoms with Crippen molar-refractivity contribution >= 4 is 23.9 Å². The Hall–Kier alpha value is -4.52. The number of nitrogens with zero attached hydrogens (tertiary/aromatic N) is 1. The van der Waals surface area contributed by atoms with Gasteiger partial charge in [-0.1, -0.05) is 68.9 Å². The molecule has 0 saturated carbocycles. The van der Waals surface area contributed by atoms with E-state index < -0.39 is 48.1 Å². The van der Waals surface area contributed by atoms with Crippen LogP contribution in [-0.4, -0.2) is 65.7 Å². The number of benzene rings is 2. The number of amides is 3. The molecule has 0 bridgehead atoms. The Morgan fingerprint density at radius 1 is 1.00 bits per heavy atom. The van der Waals surface area contributed by atoms with Gasteiger partial charge in [0.25, 0.3) is 0 Å². The second kappa shape index (κ2) is 17.6. The van der Waals surface area contributed by atoms with Gasteiger partial charge in [0, 0.05) is 18.5 Å². The predicted molar refractivity (Wildman–Crippen MR) is 168 cm³/mol. The van der Waals surface area contributed by atoms with Crippen LogP contribution in [0.4, 0.5) is 4.79 Å². The van der Waals surface area contributed by atoms with Crippen LogP contribution in [0.5, 0.6) is 5.75 Å². The molecule has 3 amide bonds. The zero-order valence-corrected chi connectivity index (χ0v) is 26.4. The van der Waals surface area contributed by atoms with Gasteiger partial charge in [-0.25, -0.2) is 4.79 Å². The second-order valence-corrected chi connectivity index (χ2v) is 11.4. The number of alkyl carbamates (subject to hydrolysis) is 1. The first-order valence-electron chi connectivity index (χ1n) is 14.9. The number of methoxy groups -OCH3 is 1. The van der Waals surface area contributed by atoms with Crippen molar-refractivity contribution in [3.8, 4) is 18.1 Å². The molecule has 0 aliphatic heterocycles. The summed E-state index contributed by atoms with van der Waals surface area (Å²) < 4.78 is 10.2. The highest BCUT2D eigenvalue weighted by Crippen LogP contribution is 2.27. The highest BCUT2D eigenvalue weighted by Gasteiger charge is 2.37. The van der Waals surface area contributed by atoms with E-state index in [1.54, 1.807) is 57.2 Å². The second-order valence-electron chi connectivity index (χ2n) is 11.4. The van der Waals surface area contributed by atoms with Crippen LogP contribution in [0, 0.1) is 12.3 Å². The van der Waals surface area contributed by atoms with E-state index in [-0.39, 0.29) is 18.7 Å². The number of nitrogens with one attached hydrogen (secondary N) is 2. The summed E-state index contributed by atoms with van der Waals surface area (Å²) in [6, 6.07) is 10.7. The van der Waals surface area contributed by atoms with E-state index in [0.717, 1.165) is 25.7 Å². The molecule has 2 aromatic rings. The van der Waals surface area contributed by atoms with E-state index in [4.69, 9.17) is 15.9 Å². The van der Waals surface area contributed by atoms with Gasteiger partial charge >= 0.3 is 12.1 Å². The van der Waals surface area contributed by atoms with Crippen molar-refractivity contribution in [1.29, 1.82) is 0 Å². The minimum atomic E-state index is -1.21. The van der Waals surface area contributed by atoms with Crippen LogP contribution in [0.15, 0.2) is 48.5 Å². The number of esters is 1. The average molecular weight is 608 g/mol. The highest BCUT2D eigenvalue weighted by atomic mass is 16.6. The number of terminal acetylenes is 1. The molecule has 238 valence electrons. The molecule has 2 unspecified atom stereocenters. The average Bonchev–Trinajstić information content (AvgIpc) is 2.98. The molecule has 2 aromatic carbocycles. The molecule has 3 N–H and O–H groups in total. The van der Waals surface area contributed by atoms with Crippen LogP contribution < -0.4 is 10.6 Å². The molecule has 10 heteroatoms. The molecule has 0 radical (unpaired) electrons. The van der Waals surface area contributed by atoms with Crippen LogP contribution in [0.1, 0.15) is 82.5 Å². The summed E-state index contributed by atoms with van der Waals surface area (Å²) in [4.78, 5) is 54.6. The van der Waals surface area contributed by atoms with Gasteiger partial charge in [-0.2, -0.15) is 0 Å². The fourth-order valence-electron chi connectivity index (χ4n) is 4.62. The van der Waals surface area contributed by atoms with Crippen molar-refractivity contribution in [2.75, 3.05) is 20.2 Å². The van der Waals surface area contributed by atoms with Crippen molar-refractivity contribution in [3.63, 3.8) is 0 Å². The fourth-order valence-corrected chi connectivity index (χ4v) is 4.62.